The lowest BCUT2D eigenvalue weighted by atomic mass is 10.1. The van der Waals surface area contributed by atoms with E-state index in [0.29, 0.717) is 17.5 Å². The van der Waals surface area contributed by atoms with Crippen LogP contribution in [0.15, 0.2) is 188 Å². The Bertz CT molecular complexity index is 2490. The fourth-order valence-electron chi connectivity index (χ4n) is 7.26. The number of rotatable bonds is 7. The molecule has 5 heteroatoms. The van der Waals surface area contributed by atoms with Crippen molar-refractivity contribution >= 4 is 60.3 Å². The van der Waals surface area contributed by atoms with Crippen molar-refractivity contribution in [3.05, 3.63) is 188 Å². The van der Waals surface area contributed by atoms with E-state index in [9.17, 15) is 0 Å². The average Bonchev–Trinajstić information content (AvgIpc) is 3.59. The molecule has 0 aliphatic rings. The summed E-state index contributed by atoms with van der Waals surface area (Å²) in [6.07, 6.45) is 0. The van der Waals surface area contributed by atoms with Crippen molar-refractivity contribution < 1.29 is 0 Å². The second-order valence-corrected chi connectivity index (χ2v) is 17.2. The number of thiophene rings is 1. The Morgan fingerprint density at radius 3 is 1.40 bits per heavy atom. The van der Waals surface area contributed by atoms with Crippen LogP contribution in [0.25, 0.3) is 54.3 Å². The van der Waals surface area contributed by atoms with Crippen LogP contribution in [0.3, 0.4) is 0 Å². The number of hydrogen-bond donors (Lipinski definition) is 0. The van der Waals surface area contributed by atoms with E-state index in [1.807, 2.05) is 47.7 Å². The minimum atomic E-state index is -2.93. The van der Waals surface area contributed by atoms with Gasteiger partial charge in [-0.05, 0) is 32.9 Å². The lowest BCUT2D eigenvalue weighted by molar-refractivity contribution is 1.07. The van der Waals surface area contributed by atoms with Crippen molar-refractivity contribution in [1.29, 1.82) is 0 Å². The van der Waals surface area contributed by atoms with Crippen molar-refractivity contribution in [2.75, 3.05) is 0 Å². The molecule has 0 aliphatic heterocycles. The maximum atomic E-state index is 5.12. The third kappa shape index (κ3) is 5.15. The molecule has 0 atom stereocenters. The predicted molar refractivity (Wildman–Crippen MR) is 213 cm³/mol. The largest absolute Gasteiger partial charge is 0.208 e. The van der Waals surface area contributed by atoms with E-state index in [-0.39, 0.29) is 0 Å². The first-order valence-corrected chi connectivity index (χ1v) is 19.6. The SMILES string of the molecule is c1ccc(-c2nc(-c3ccccc3)nc(-c3cccc([Si](c4ccccc4)(c4ccccc4)c4cccc5sc6ccccc6c45)c3)n2)cc1. The van der Waals surface area contributed by atoms with Gasteiger partial charge in [-0.1, -0.05) is 176 Å². The second-order valence-electron chi connectivity index (χ2n) is 12.4. The highest BCUT2D eigenvalue weighted by molar-refractivity contribution is 7.27. The van der Waals surface area contributed by atoms with Gasteiger partial charge in [-0.2, -0.15) is 0 Å². The van der Waals surface area contributed by atoms with Crippen LogP contribution in [0.5, 0.6) is 0 Å². The quantitative estimate of drug-likeness (QED) is 0.126. The molecule has 0 spiro atoms. The summed E-state index contributed by atoms with van der Waals surface area (Å²) in [4.78, 5) is 15.2. The van der Waals surface area contributed by atoms with E-state index >= 15 is 0 Å². The first-order valence-electron chi connectivity index (χ1n) is 16.8. The fraction of sp³-hybridized carbons (Fsp3) is 0. The zero-order chi connectivity index (χ0) is 33.3. The summed E-state index contributed by atoms with van der Waals surface area (Å²) in [6, 6.07) is 67.3. The molecular weight excluding hydrogens is 643 g/mol. The van der Waals surface area contributed by atoms with Crippen LogP contribution in [0, 0.1) is 0 Å². The van der Waals surface area contributed by atoms with Crippen LogP contribution in [0.2, 0.25) is 0 Å². The molecule has 0 aliphatic carbocycles. The maximum Gasteiger partial charge on any atom is 0.180 e. The van der Waals surface area contributed by atoms with Crippen molar-refractivity contribution in [2.45, 2.75) is 0 Å². The minimum absolute atomic E-state index is 0.655. The molecule has 236 valence electrons. The van der Waals surface area contributed by atoms with Gasteiger partial charge >= 0.3 is 0 Å². The Hall–Kier alpha value is -6.01. The highest BCUT2D eigenvalue weighted by Crippen LogP contribution is 2.34. The number of nitrogens with zero attached hydrogens (tertiary/aromatic N) is 3. The van der Waals surface area contributed by atoms with Crippen molar-refractivity contribution in [3.8, 4) is 34.2 Å². The van der Waals surface area contributed by atoms with Gasteiger partial charge in [0.05, 0.1) is 0 Å². The number of fused-ring (bicyclic) bond motifs is 3. The van der Waals surface area contributed by atoms with Crippen molar-refractivity contribution in [3.63, 3.8) is 0 Å². The van der Waals surface area contributed by atoms with Crippen LogP contribution < -0.4 is 20.7 Å². The molecule has 0 radical (unpaired) electrons. The van der Waals surface area contributed by atoms with E-state index in [4.69, 9.17) is 15.0 Å². The van der Waals surface area contributed by atoms with Gasteiger partial charge in [0.2, 0.25) is 0 Å². The van der Waals surface area contributed by atoms with Crippen LogP contribution in [0.4, 0.5) is 0 Å². The van der Waals surface area contributed by atoms with Crippen LogP contribution in [-0.2, 0) is 0 Å². The highest BCUT2D eigenvalue weighted by Gasteiger charge is 2.43. The molecule has 0 saturated heterocycles. The summed E-state index contributed by atoms with van der Waals surface area (Å²) in [6.45, 7) is 0. The Kier molecular flexibility index (Phi) is 7.69. The van der Waals surface area contributed by atoms with Gasteiger partial charge in [0, 0.05) is 36.9 Å². The topological polar surface area (TPSA) is 38.7 Å². The number of hydrogen-bond acceptors (Lipinski definition) is 4. The van der Waals surface area contributed by atoms with E-state index in [0.717, 1.165) is 16.7 Å². The predicted octanol–water partition coefficient (Wildman–Crippen LogP) is 8.62. The standard InChI is InChI=1S/C45H31N3SSi/c1-5-17-32(18-6-1)43-46-44(33-19-7-2-8-20-33)48-45(47-43)34-21-15-26-37(31-34)50(35-22-9-3-10-23-35,36-24-11-4-12-25-36)41-30-16-29-40-42(41)38-27-13-14-28-39(38)49-40/h1-31H. The lowest BCUT2D eigenvalue weighted by Crippen LogP contribution is -2.74. The van der Waals surface area contributed by atoms with E-state index in [2.05, 4.69) is 152 Å². The van der Waals surface area contributed by atoms with Crippen molar-refractivity contribution in [1.82, 2.24) is 15.0 Å². The monoisotopic (exact) mass is 673 g/mol. The van der Waals surface area contributed by atoms with E-state index in [1.165, 1.54) is 40.9 Å². The van der Waals surface area contributed by atoms with Gasteiger partial charge in [-0.15, -0.1) is 11.3 Å². The zero-order valence-electron chi connectivity index (χ0n) is 27.1. The summed E-state index contributed by atoms with van der Waals surface area (Å²) in [5, 5.41) is 7.97. The fourth-order valence-corrected chi connectivity index (χ4v) is 13.5. The number of aromatic nitrogens is 3. The molecule has 0 N–H and O–H groups in total. The second kappa shape index (κ2) is 12.8. The summed E-state index contributed by atoms with van der Waals surface area (Å²) < 4.78 is 2.61. The molecule has 50 heavy (non-hydrogen) atoms. The summed E-state index contributed by atoms with van der Waals surface area (Å²) >= 11 is 1.87. The first-order chi connectivity index (χ1) is 24.8. The Morgan fingerprint density at radius 2 is 0.800 bits per heavy atom. The number of benzene rings is 7. The highest BCUT2D eigenvalue weighted by atomic mass is 32.1. The minimum Gasteiger partial charge on any atom is -0.208 e. The normalized spacial score (nSPS) is 11.6. The van der Waals surface area contributed by atoms with Gasteiger partial charge in [-0.3, -0.25) is 0 Å². The molecule has 0 amide bonds. The maximum absolute atomic E-state index is 5.12. The van der Waals surface area contributed by atoms with E-state index < -0.39 is 8.07 Å². The van der Waals surface area contributed by atoms with Gasteiger partial charge in [0.1, 0.15) is 0 Å². The van der Waals surface area contributed by atoms with Gasteiger partial charge in [-0.25, -0.2) is 15.0 Å². The Balaban J connectivity index is 1.35. The summed E-state index contributed by atoms with van der Waals surface area (Å²) in [5.74, 6) is 1.97. The summed E-state index contributed by atoms with van der Waals surface area (Å²) in [7, 11) is -2.93. The van der Waals surface area contributed by atoms with Gasteiger partial charge in [0.25, 0.3) is 0 Å². The molecule has 7 aromatic carbocycles. The molecule has 0 fully saturated rings. The summed E-state index contributed by atoms with van der Waals surface area (Å²) in [5.41, 5.74) is 2.88. The molecule has 0 bridgehead atoms. The average molecular weight is 674 g/mol. The zero-order valence-corrected chi connectivity index (χ0v) is 29.0. The molecule has 2 aromatic heterocycles. The molecule has 2 heterocycles. The third-order valence-corrected chi connectivity index (χ3v) is 15.4. The van der Waals surface area contributed by atoms with Gasteiger partial charge < -0.3 is 0 Å². The molecule has 3 nitrogen and oxygen atoms in total. The smallest absolute Gasteiger partial charge is 0.180 e. The molecule has 0 unspecified atom stereocenters. The lowest BCUT2D eigenvalue weighted by Gasteiger charge is -2.35. The molecular formula is C45H31N3SSi. The van der Waals surface area contributed by atoms with Gasteiger partial charge in [0.15, 0.2) is 25.5 Å². The van der Waals surface area contributed by atoms with Crippen LogP contribution in [0.1, 0.15) is 0 Å². The van der Waals surface area contributed by atoms with Crippen LogP contribution in [-0.4, -0.2) is 23.0 Å². The Morgan fingerprint density at radius 1 is 0.360 bits per heavy atom. The molecule has 9 rings (SSSR count). The Labute approximate surface area is 296 Å². The molecule has 9 aromatic rings. The first kappa shape index (κ1) is 30.1. The third-order valence-electron chi connectivity index (χ3n) is 9.47. The van der Waals surface area contributed by atoms with Crippen molar-refractivity contribution in [2.24, 2.45) is 0 Å². The van der Waals surface area contributed by atoms with E-state index in [1.54, 1.807) is 0 Å². The van der Waals surface area contributed by atoms with Crippen LogP contribution >= 0.6 is 11.3 Å². The molecule has 0 saturated carbocycles.